The van der Waals surface area contributed by atoms with Crippen LogP contribution in [-0.2, 0) is 6.54 Å². The molecule has 0 aliphatic heterocycles. The van der Waals surface area contributed by atoms with E-state index in [1.54, 1.807) is 0 Å². The summed E-state index contributed by atoms with van der Waals surface area (Å²) in [5, 5.41) is 3.32. The Labute approximate surface area is 108 Å². The molecule has 2 rings (SSSR count). The molecule has 18 heavy (non-hydrogen) atoms. The lowest BCUT2D eigenvalue weighted by atomic mass is 10.2. The maximum atomic E-state index is 4.51. The van der Waals surface area contributed by atoms with E-state index < -0.39 is 0 Å². The Kier molecular flexibility index (Phi) is 3.65. The third-order valence-electron chi connectivity index (χ3n) is 2.63. The van der Waals surface area contributed by atoms with Crippen molar-refractivity contribution in [3.63, 3.8) is 0 Å². The lowest BCUT2D eigenvalue weighted by Gasteiger charge is -2.11. The zero-order valence-corrected chi connectivity index (χ0v) is 11.4. The first-order valence-electron chi connectivity index (χ1n) is 6.28. The van der Waals surface area contributed by atoms with Gasteiger partial charge in [-0.15, -0.1) is 0 Å². The fraction of sp³-hybridized carbons (Fsp3) is 0.429. The molecule has 1 N–H and O–H groups in total. The van der Waals surface area contributed by atoms with Crippen molar-refractivity contribution in [3.05, 3.63) is 35.9 Å². The van der Waals surface area contributed by atoms with Crippen LogP contribution in [0.3, 0.4) is 0 Å². The summed E-state index contributed by atoms with van der Waals surface area (Å²) in [6, 6.07) is 4.01. The van der Waals surface area contributed by atoms with E-state index in [0.29, 0.717) is 5.92 Å². The number of hydrogen-bond acceptors (Lipinski definition) is 3. The molecule has 0 bridgehead atoms. The smallest absolute Gasteiger partial charge is 0.207 e. The molecule has 96 valence electrons. The van der Waals surface area contributed by atoms with Crippen LogP contribution in [-0.4, -0.2) is 14.5 Å². The topological polar surface area (TPSA) is 42.7 Å². The number of nitrogens with one attached hydrogen (secondary N) is 1. The van der Waals surface area contributed by atoms with Gasteiger partial charge < -0.3 is 9.88 Å². The van der Waals surface area contributed by atoms with Gasteiger partial charge in [0.25, 0.3) is 0 Å². The molecule has 0 unspecified atom stereocenters. The van der Waals surface area contributed by atoms with Crippen LogP contribution in [0.25, 0.3) is 0 Å². The molecule has 0 radical (unpaired) electrons. The van der Waals surface area contributed by atoms with Gasteiger partial charge in [0.1, 0.15) is 0 Å². The van der Waals surface area contributed by atoms with Crippen LogP contribution in [0.15, 0.2) is 24.5 Å². The normalized spacial score (nSPS) is 10.9. The molecule has 0 atom stereocenters. The van der Waals surface area contributed by atoms with Crippen LogP contribution < -0.4 is 5.32 Å². The molecule has 0 saturated carbocycles. The molecule has 2 heterocycles. The fourth-order valence-corrected chi connectivity index (χ4v) is 1.85. The zero-order valence-electron chi connectivity index (χ0n) is 11.4. The second-order valence-electron chi connectivity index (χ2n) is 5.07. The van der Waals surface area contributed by atoms with Crippen molar-refractivity contribution in [2.24, 2.45) is 5.92 Å². The Morgan fingerprint density at radius 1 is 1.22 bits per heavy atom. The van der Waals surface area contributed by atoms with Crippen molar-refractivity contribution in [2.45, 2.75) is 34.2 Å². The molecule has 2 aromatic heterocycles. The maximum Gasteiger partial charge on any atom is 0.207 e. The summed E-state index contributed by atoms with van der Waals surface area (Å²) in [5.74, 6) is 1.47. The van der Waals surface area contributed by atoms with Crippen molar-refractivity contribution in [1.29, 1.82) is 0 Å². The molecule has 2 aromatic rings. The predicted molar refractivity (Wildman–Crippen MR) is 74.1 cm³/mol. The number of aromatic nitrogens is 3. The standard InChI is InChI=1S/C14H20N4/c1-10(2)8-18-9-12(4)16-14(18)17-13-6-5-11(3)15-7-13/h5-7,9-10H,8H2,1-4H3,(H,16,17). The van der Waals surface area contributed by atoms with E-state index in [4.69, 9.17) is 0 Å². The number of rotatable bonds is 4. The number of anilines is 2. The lowest BCUT2D eigenvalue weighted by molar-refractivity contribution is 0.527. The summed E-state index contributed by atoms with van der Waals surface area (Å²) in [6.07, 6.45) is 3.91. The van der Waals surface area contributed by atoms with Crippen LogP contribution >= 0.6 is 0 Å². The molecule has 0 aliphatic rings. The van der Waals surface area contributed by atoms with E-state index in [-0.39, 0.29) is 0 Å². The Morgan fingerprint density at radius 3 is 2.61 bits per heavy atom. The van der Waals surface area contributed by atoms with Gasteiger partial charge in [0.15, 0.2) is 0 Å². The van der Waals surface area contributed by atoms with Crippen molar-refractivity contribution in [1.82, 2.24) is 14.5 Å². The summed E-state index contributed by atoms with van der Waals surface area (Å²) >= 11 is 0. The highest BCUT2D eigenvalue weighted by molar-refractivity contribution is 5.52. The summed E-state index contributed by atoms with van der Waals surface area (Å²) in [7, 11) is 0. The summed E-state index contributed by atoms with van der Waals surface area (Å²) in [4.78, 5) is 8.78. The van der Waals surface area contributed by atoms with Gasteiger partial charge in [0.2, 0.25) is 5.95 Å². The summed E-state index contributed by atoms with van der Waals surface area (Å²) in [6.45, 7) is 9.35. The number of imidazole rings is 1. The molecular formula is C14H20N4. The van der Waals surface area contributed by atoms with Gasteiger partial charge in [-0.25, -0.2) is 4.98 Å². The number of hydrogen-bond donors (Lipinski definition) is 1. The number of nitrogens with zero attached hydrogens (tertiary/aromatic N) is 3. The summed E-state index contributed by atoms with van der Waals surface area (Å²) in [5.41, 5.74) is 3.01. The minimum atomic E-state index is 0.593. The first-order chi connectivity index (χ1) is 8.54. The summed E-state index contributed by atoms with van der Waals surface area (Å²) < 4.78 is 2.15. The van der Waals surface area contributed by atoms with Crippen LogP contribution in [0, 0.1) is 19.8 Å². The quantitative estimate of drug-likeness (QED) is 0.897. The third-order valence-corrected chi connectivity index (χ3v) is 2.63. The highest BCUT2D eigenvalue weighted by atomic mass is 15.2. The zero-order chi connectivity index (χ0) is 13.1. The van der Waals surface area contributed by atoms with E-state index in [1.165, 1.54) is 0 Å². The van der Waals surface area contributed by atoms with Gasteiger partial charge in [-0.3, -0.25) is 4.98 Å². The lowest BCUT2D eigenvalue weighted by Crippen LogP contribution is -2.07. The van der Waals surface area contributed by atoms with E-state index in [9.17, 15) is 0 Å². The van der Waals surface area contributed by atoms with Crippen molar-refractivity contribution >= 4 is 11.6 Å². The van der Waals surface area contributed by atoms with Crippen LogP contribution in [0.5, 0.6) is 0 Å². The van der Waals surface area contributed by atoms with Gasteiger partial charge in [0.05, 0.1) is 17.6 Å². The minimum absolute atomic E-state index is 0.593. The molecule has 0 saturated heterocycles. The van der Waals surface area contributed by atoms with Gasteiger partial charge in [-0.2, -0.15) is 0 Å². The molecule has 0 aromatic carbocycles. The van der Waals surface area contributed by atoms with Gasteiger partial charge in [0, 0.05) is 18.4 Å². The first kappa shape index (κ1) is 12.6. The largest absolute Gasteiger partial charge is 0.324 e. The SMILES string of the molecule is Cc1ccc(Nc2nc(C)cn2CC(C)C)cn1. The second kappa shape index (κ2) is 5.21. The van der Waals surface area contributed by atoms with Crippen molar-refractivity contribution < 1.29 is 0 Å². The highest BCUT2D eigenvalue weighted by Crippen LogP contribution is 2.17. The number of pyridine rings is 1. The minimum Gasteiger partial charge on any atom is -0.324 e. The van der Waals surface area contributed by atoms with Crippen LogP contribution in [0.2, 0.25) is 0 Å². The number of aryl methyl sites for hydroxylation is 2. The molecule has 4 heteroatoms. The molecule has 0 fully saturated rings. The van der Waals surface area contributed by atoms with Gasteiger partial charge in [-0.05, 0) is 31.9 Å². The molecule has 4 nitrogen and oxygen atoms in total. The average Bonchev–Trinajstić information content (AvgIpc) is 2.61. The Hall–Kier alpha value is -1.84. The monoisotopic (exact) mass is 244 g/mol. The molecular weight excluding hydrogens is 224 g/mol. The Balaban J connectivity index is 2.20. The molecule has 0 aliphatic carbocycles. The van der Waals surface area contributed by atoms with Gasteiger partial charge in [-0.1, -0.05) is 13.8 Å². The van der Waals surface area contributed by atoms with Crippen molar-refractivity contribution in [3.8, 4) is 0 Å². The Bertz CT molecular complexity index is 511. The molecule has 0 amide bonds. The highest BCUT2D eigenvalue weighted by Gasteiger charge is 2.07. The average molecular weight is 244 g/mol. The van der Waals surface area contributed by atoms with E-state index in [0.717, 1.165) is 29.6 Å². The predicted octanol–water partition coefficient (Wildman–Crippen LogP) is 3.29. The second-order valence-corrected chi connectivity index (χ2v) is 5.07. The van der Waals surface area contributed by atoms with Gasteiger partial charge >= 0.3 is 0 Å². The third kappa shape index (κ3) is 3.09. The maximum absolute atomic E-state index is 4.51. The van der Waals surface area contributed by atoms with E-state index >= 15 is 0 Å². The first-order valence-corrected chi connectivity index (χ1v) is 6.28. The Morgan fingerprint density at radius 2 is 2.00 bits per heavy atom. The fourth-order valence-electron chi connectivity index (χ4n) is 1.85. The molecule has 0 spiro atoms. The van der Waals surface area contributed by atoms with E-state index in [1.807, 2.05) is 32.2 Å². The van der Waals surface area contributed by atoms with Crippen molar-refractivity contribution in [2.75, 3.05) is 5.32 Å². The van der Waals surface area contributed by atoms with Crippen LogP contribution in [0.1, 0.15) is 25.2 Å². The van der Waals surface area contributed by atoms with Crippen LogP contribution in [0.4, 0.5) is 11.6 Å². The van der Waals surface area contributed by atoms with E-state index in [2.05, 4.69) is 39.9 Å².